The molecular weight excluding hydrogens is 222 g/mol. The van der Waals surface area contributed by atoms with Gasteiger partial charge in [0, 0.05) is 24.7 Å². The van der Waals surface area contributed by atoms with Crippen molar-refractivity contribution in [2.75, 3.05) is 0 Å². The van der Waals surface area contributed by atoms with Crippen LogP contribution in [0.4, 0.5) is 0 Å². The fraction of sp³-hybridized carbons (Fsp3) is 0.917. The molecule has 0 aromatic rings. The second-order valence-corrected chi connectivity index (χ2v) is 6.22. The van der Waals surface area contributed by atoms with Crippen molar-refractivity contribution in [1.82, 2.24) is 0 Å². The van der Waals surface area contributed by atoms with Gasteiger partial charge in [-0.1, -0.05) is 0 Å². The number of esters is 1. The first-order valence-electron chi connectivity index (χ1n) is 6.27. The van der Waals surface area contributed by atoms with Crippen LogP contribution < -0.4 is 0 Å². The van der Waals surface area contributed by atoms with Gasteiger partial charge in [0.15, 0.2) is 0 Å². The van der Waals surface area contributed by atoms with Gasteiger partial charge >= 0.3 is 5.97 Å². The predicted molar refractivity (Wildman–Crippen MR) is 58.9 cm³/mol. The molecule has 0 aromatic heterocycles. The molecule has 0 amide bonds. The fourth-order valence-electron chi connectivity index (χ4n) is 4.77. The zero-order chi connectivity index (χ0) is 12.3. The molecule has 4 rings (SSSR count). The zero-order valence-electron chi connectivity index (χ0n) is 9.98. The van der Waals surface area contributed by atoms with E-state index in [4.69, 9.17) is 4.74 Å². The van der Waals surface area contributed by atoms with E-state index in [1.54, 1.807) is 0 Å². The van der Waals surface area contributed by atoms with E-state index >= 15 is 0 Å². The number of nitrogens with zero attached hydrogens (tertiary/aromatic N) is 1. The Hall–Kier alpha value is -1.13. The van der Waals surface area contributed by atoms with Crippen molar-refractivity contribution < 1.29 is 14.5 Å². The summed E-state index contributed by atoms with van der Waals surface area (Å²) >= 11 is 0. The second-order valence-electron chi connectivity index (χ2n) is 6.22. The van der Waals surface area contributed by atoms with E-state index in [9.17, 15) is 14.9 Å². The number of hydrogen-bond acceptors (Lipinski definition) is 4. The Morgan fingerprint density at radius 2 is 1.88 bits per heavy atom. The molecule has 4 aliphatic rings. The highest BCUT2D eigenvalue weighted by atomic mass is 16.6. The minimum absolute atomic E-state index is 0.108. The third-order valence-electron chi connectivity index (χ3n) is 4.72. The highest BCUT2D eigenvalue weighted by molar-refractivity contribution is 5.66. The number of ether oxygens (including phenoxy) is 1. The smallest absolute Gasteiger partial charge is 0.303 e. The summed E-state index contributed by atoms with van der Waals surface area (Å²) in [5, 5.41) is 11.3. The van der Waals surface area contributed by atoms with Crippen LogP contribution in [0.2, 0.25) is 0 Å². The second kappa shape index (κ2) is 3.21. The van der Waals surface area contributed by atoms with Crippen LogP contribution in [0.5, 0.6) is 0 Å². The van der Waals surface area contributed by atoms with E-state index in [0.29, 0.717) is 31.1 Å². The maximum Gasteiger partial charge on any atom is 0.303 e. The molecule has 5 heteroatoms. The molecule has 0 aromatic carbocycles. The van der Waals surface area contributed by atoms with Crippen LogP contribution in [-0.4, -0.2) is 22.0 Å². The van der Waals surface area contributed by atoms with Crippen LogP contribution in [-0.2, 0) is 9.53 Å². The van der Waals surface area contributed by atoms with Gasteiger partial charge in [0.25, 0.3) is 0 Å². The van der Waals surface area contributed by atoms with Crippen LogP contribution >= 0.6 is 0 Å². The molecule has 0 N–H and O–H groups in total. The summed E-state index contributed by atoms with van der Waals surface area (Å²) in [7, 11) is 0. The normalized spacial score (nSPS) is 46.9. The average Bonchev–Trinajstić information content (AvgIpc) is 2.12. The van der Waals surface area contributed by atoms with Gasteiger partial charge in [-0.05, 0) is 31.1 Å². The Morgan fingerprint density at radius 1 is 1.29 bits per heavy atom. The van der Waals surface area contributed by atoms with Crippen LogP contribution in [0.3, 0.4) is 0 Å². The summed E-state index contributed by atoms with van der Waals surface area (Å²) in [6.45, 7) is 1.40. The number of nitro groups is 1. The van der Waals surface area contributed by atoms with Crippen LogP contribution in [0, 0.1) is 22.0 Å². The average molecular weight is 239 g/mol. The summed E-state index contributed by atoms with van der Waals surface area (Å²) < 4.78 is 5.48. The molecule has 0 spiro atoms. The van der Waals surface area contributed by atoms with Crippen molar-refractivity contribution >= 4 is 5.97 Å². The Balaban J connectivity index is 1.94. The molecular formula is C12H17NO4. The van der Waals surface area contributed by atoms with Gasteiger partial charge in [-0.3, -0.25) is 14.9 Å². The summed E-state index contributed by atoms with van der Waals surface area (Å²) in [6, 6.07) is 0. The largest absolute Gasteiger partial charge is 0.459 e. The number of rotatable bonds is 2. The predicted octanol–water partition coefficient (Wildman–Crippen LogP) is 1.92. The first kappa shape index (κ1) is 11.0. The third kappa shape index (κ3) is 1.55. The van der Waals surface area contributed by atoms with Crippen LogP contribution in [0.25, 0.3) is 0 Å². The summed E-state index contributed by atoms with van der Waals surface area (Å²) in [4.78, 5) is 22.4. The summed E-state index contributed by atoms with van der Waals surface area (Å²) in [5.74, 6) is 0.451. The van der Waals surface area contributed by atoms with E-state index in [1.165, 1.54) is 6.92 Å². The van der Waals surface area contributed by atoms with E-state index < -0.39 is 11.1 Å². The van der Waals surface area contributed by atoms with Gasteiger partial charge < -0.3 is 4.74 Å². The molecule has 2 atom stereocenters. The van der Waals surface area contributed by atoms with Crippen molar-refractivity contribution in [2.45, 2.75) is 56.6 Å². The van der Waals surface area contributed by atoms with Gasteiger partial charge in [-0.25, -0.2) is 0 Å². The van der Waals surface area contributed by atoms with Gasteiger partial charge in [0.2, 0.25) is 5.54 Å². The molecule has 4 aliphatic carbocycles. The quantitative estimate of drug-likeness (QED) is 0.419. The lowest BCUT2D eigenvalue weighted by molar-refractivity contribution is -0.592. The number of hydrogen-bond donors (Lipinski definition) is 0. The lowest BCUT2D eigenvalue weighted by Gasteiger charge is -2.56. The monoisotopic (exact) mass is 239 g/mol. The molecule has 0 radical (unpaired) electrons. The van der Waals surface area contributed by atoms with Crippen LogP contribution in [0.15, 0.2) is 0 Å². The third-order valence-corrected chi connectivity index (χ3v) is 4.72. The minimum Gasteiger partial charge on any atom is -0.459 e. The molecule has 17 heavy (non-hydrogen) atoms. The van der Waals surface area contributed by atoms with Crippen LogP contribution in [0.1, 0.15) is 45.4 Å². The zero-order valence-corrected chi connectivity index (χ0v) is 9.98. The Kier molecular flexibility index (Phi) is 2.07. The minimum atomic E-state index is -0.806. The van der Waals surface area contributed by atoms with E-state index in [0.717, 1.165) is 19.3 Å². The Bertz CT molecular complexity index is 378. The van der Waals surface area contributed by atoms with Gasteiger partial charge in [0.1, 0.15) is 5.60 Å². The Labute approximate surface area is 99.7 Å². The van der Waals surface area contributed by atoms with E-state index in [2.05, 4.69) is 0 Å². The summed E-state index contributed by atoms with van der Waals surface area (Å²) in [5.41, 5.74) is -1.33. The van der Waals surface area contributed by atoms with E-state index in [1.807, 2.05) is 0 Å². The number of carbonyl (C=O) groups is 1. The molecule has 5 nitrogen and oxygen atoms in total. The molecule has 0 saturated heterocycles. The highest BCUT2D eigenvalue weighted by Gasteiger charge is 2.65. The van der Waals surface area contributed by atoms with Crippen molar-refractivity contribution in [1.29, 1.82) is 0 Å². The molecule has 2 unspecified atom stereocenters. The summed E-state index contributed by atoms with van der Waals surface area (Å²) in [6.07, 6.45) is 4.54. The molecule has 4 fully saturated rings. The lowest BCUT2D eigenvalue weighted by atomic mass is 9.51. The lowest BCUT2D eigenvalue weighted by Crippen LogP contribution is -2.63. The Morgan fingerprint density at radius 3 is 2.35 bits per heavy atom. The fourth-order valence-corrected chi connectivity index (χ4v) is 4.77. The van der Waals surface area contributed by atoms with Crippen molar-refractivity contribution in [3.8, 4) is 0 Å². The molecule has 0 aliphatic heterocycles. The van der Waals surface area contributed by atoms with Crippen molar-refractivity contribution in [3.05, 3.63) is 10.1 Å². The van der Waals surface area contributed by atoms with Gasteiger partial charge in [0.05, 0.1) is 6.42 Å². The standard InChI is InChI=1S/C12H17NO4/c1-8(14)17-12-5-9-2-10(6-12)4-11(3-9,7-12)13(15)16/h9-10H,2-7H2,1H3. The highest BCUT2D eigenvalue weighted by Crippen LogP contribution is 2.59. The SMILES string of the molecule is CC(=O)OC12CC3CC(C1)CC([N+](=O)[O-])(C3)C2. The first-order chi connectivity index (χ1) is 7.93. The first-order valence-corrected chi connectivity index (χ1v) is 6.27. The molecule has 4 saturated carbocycles. The maximum atomic E-state index is 11.3. The molecule has 94 valence electrons. The van der Waals surface area contributed by atoms with E-state index in [-0.39, 0.29) is 10.9 Å². The van der Waals surface area contributed by atoms with Gasteiger partial charge in [-0.2, -0.15) is 0 Å². The molecule has 0 heterocycles. The topological polar surface area (TPSA) is 69.4 Å². The van der Waals surface area contributed by atoms with Crippen molar-refractivity contribution in [3.63, 3.8) is 0 Å². The van der Waals surface area contributed by atoms with Crippen molar-refractivity contribution in [2.24, 2.45) is 11.8 Å². The van der Waals surface area contributed by atoms with Gasteiger partial charge in [-0.15, -0.1) is 0 Å². The molecule has 4 bridgehead atoms. The number of carbonyl (C=O) groups excluding carboxylic acids is 1. The maximum absolute atomic E-state index is 11.3.